The molecular formula is C13H23N3O2. The number of hydrogen-bond acceptors (Lipinski definition) is 3. The van der Waals surface area contributed by atoms with Gasteiger partial charge in [-0.2, -0.15) is 0 Å². The number of likely N-dealkylation sites (tertiary alicyclic amines) is 1. The summed E-state index contributed by atoms with van der Waals surface area (Å²) in [7, 11) is 1.71. The van der Waals surface area contributed by atoms with Gasteiger partial charge in [-0.05, 0) is 25.7 Å². The highest BCUT2D eigenvalue weighted by molar-refractivity contribution is 5.74. The molecule has 1 spiro atoms. The molecule has 2 unspecified atom stereocenters. The number of hydrogen-bond donors (Lipinski definition) is 2. The first-order valence-corrected chi connectivity index (χ1v) is 7.01. The van der Waals surface area contributed by atoms with E-state index in [1.165, 1.54) is 12.8 Å². The van der Waals surface area contributed by atoms with Crippen LogP contribution in [0.5, 0.6) is 0 Å². The molecule has 1 saturated carbocycles. The zero-order valence-electron chi connectivity index (χ0n) is 11.1. The normalized spacial score (nSPS) is 36.1. The zero-order valence-corrected chi connectivity index (χ0v) is 11.1. The molecular weight excluding hydrogens is 230 g/mol. The largest absolute Gasteiger partial charge is 0.381 e. The Morgan fingerprint density at radius 2 is 2.22 bits per heavy atom. The Morgan fingerprint density at radius 1 is 1.39 bits per heavy atom. The second-order valence-corrected chi connectivity index (χ2v) is 6.08. The first-order chi connectivity index (χ1) is 8.71. The summed E-state index contributed by atoms with van der Waals surface area (Å²) in [6, 6.07) is 1.17. The second-order valence-electron chi connectivity index (χ2n) is 6.08. The smallest absolute Gasteiger partial charge is 0.317 e. The molecule has 2 saturated heterocycles. The van der Waals surface area contributed by atoms with Crippen molar-refractivity contribution < 1.29 is 9.53 Å². The summed E-state index contributed by atoms with van der Waals surface area (Å²) in [6.45, 7) is 3.33. The highest BCUT2D eigenvalue weighted by Gasteiger charge is 2.44. The van der Waals surface area contributed by atoms with Crippen LogP contribution in [0.4, 0.5) is 4.79 Å². The number of ether oxygens (including phenoxy) is 1. The molecule has 2 N–H and O–H groups in total. The van der Waals surface area contributed by atoms with Gasteiger partial charge in [-0.15, -0.1) is 0 Å². The molecule has 3 rings (SSSR count). The van der Waals surface area contributed by atoms with E-state index in [2.05, 4.69) is 10.6 Å². The summed E-state index contributed by atoms with van der Waals surface area (Å²) in [5.74, 6) is 0. The van der Waals surface area contributed by atoms with Gasteiger partial charge in [0.2, 0.25) is 0 Å². The maximum Gasteiger partial charge on any atom is 0.317 e. The van der Waals surface area contributed by atoms with Crippen molar-refractivity contribution in [3.8, 4) is 0 Å². The maximum atomic E-state index is 11.9. The van der Waals surface area contributed by atoms with E-state index >= 15 is 0 Å². The lowest BCUT2D eigenvalue weighted by Gasteiger charge is -2.43. The van der Waals surface area contributed by atoms with E-state index in [0.29, 0.717) is 12.1 Å². The molecule has 0 aromatic rings. The second kappa shape index (κ2) is 4.70. The molecule has 2 amide bonds. The van der Waals surface area contributed by atoms with E-state index in [0.717, 1.165) is 39.1 Å². The van der Waals surface area contributed by atoms with Gasteiger partial charge in [-0.25, -0.2) is 4.79 Å². The Morgan fingerprint density at radius 3 is 2.83 bits per heavy atom. The van der Waals surface area contributed by atoms with E-state index < -0.39 is 0 Å². The van der Waals surface area contributed by atoms with Crippen LogP contribution >= 0.6 is 0 Å². The summed E-state index contributed by atoms with van der Waals surface area (Å²) >= 11 is 0. The number of nitrogens with one attached hydrogen (secondary N) is 2. The summed E-state index contributed by atoms with van der Waals surface area (Å²) < 4.78 is 5.58. The fourth-order valence-electron chi connectivity index (χ4n) is 3.33. The van der Waals surface area contributed by atoms with Crippen molar-refractivity contribution in [1.29, 1.82) is 0 Å². The van der Waals surface area contributed by atoms with Crippen molar-refractivity contribution in [2.24, 2.45) is 5.41 Å². The molecule has 0 bridgehead atoms. The fraction of sp³-hybridized carbons (Fsp3) is 0.923. The Bertz CT molecular complexity index is 324. The molecule has 3 aliphatic rings. The molecule has 18 heavy (non-hydrogen) atoms. The fourth-order valence-corrected chi connectivity index (χ4v) is 3.33. The molecule has 2 atom stereocenters. The Balaban J connectivity index is 1.69. The number of piperidine rings is 1. The summed E-state index contributed by atoms with van der Waals surface area (Å²) in [5, 5.41) is 6.42. The van der Waals surface area contributed by atoms with Gasteiger partial charge in [0, 0.05) is 44.2 Å². The van der Waals surface area contributed by atoms with Crippen molar-refractivity contribution >= 4 is 6.03 Å². The van der Waals surface area contributed by atoms with Gasteiger partial charge in [-0.1, -0.05) is 0 Å². The van der Waals surface area contributed by atoms with Crippen LogP contribution in [0.1, 0.15) is 25.7 Å². The number of amides is 2. The quantitative estimate of drug-likeness (QED) is 0.756. The third kappa shape index (κ3) is 2.47. The van der Waals surface area contributed by atoms with Crippen molar-refractivity contribution in [2.45, 2.75) is 37.8 Å². The van der Waals surface area contributed by atoms with Crippen molar-refractivity contribution in [1.82, 2.24) is 15.5 Å². The Labute approximate surface area is 108 Å². The average Bonchev–Trinajstić information content (AvgIpc) is 3.08. The lowest BCUT2D eigenvalue weighted by molar-refractivity contribution is 0.0649. The van der Waals surface area contributed by atoms with E-state index in [-0.39, 0.29) is 11.4 Å². The molecule has 0 aromatic carbocycles. The van der Waals surface area contributed by atoms with Crippen LogP contribution in [0.15, 0.2) is 0 Å². The van der Waals surface area contributed by atoms with Crippen LogP contribution < -0.4 is 10.6 Å². The third-order valence-corrected chi connectivity index (χ3v) is 4.38. The monoisotopic (exact) mass is 253 g/mol. The molecule has 2 aliphatic heterocycles. The van der Waals surface area contributed by atoms with Crippen LogP contribution in [0, 0.1) is 5.41 Å². The first kappa shape index (κ1) is 12.2. The lowest BCUT2D eigenvalue weighted by Crippen LogP contribution is -2.58. The predicted molar refractivity (Wildman–Crippen MR) is 68.5 cm³/mol. The van der Waals surface area contributed by atoms with Gasteiger partial charge < -0.3 is 20.3 Å². The van der Waals surface area contributed by atoms with E-state index in [1.807, 2.05) is 4.90 Å². The van der Waals surface area contributed by atoms with Gasteiger partial charge in [0.1, 0.15) is 0 Å². The van der Waals surface area contributed by atoms with Crippen LogP contribution in [0.2, 0.25) is 0 Å². The number of carbonyl (C=O) groups is 1. The van der Waals surface area contributed by atoms with Gasteiger partial charge in [0.05, 0.1) is 6.61 Å². The maximum absolute atomic E-state index is 11.9. The molecule has 0 aromatic heterocycles. The minimum absolute atomic E-state index is 0.0450. The molecule has 102 valence electrons. The molecule has 2 heterocycles. The highest BCUT2D eigenvalue weighted by atomic mass is 16.5. The number of urea groups is 1. The molecule has 5 nitrogen and oxygen atoms in total. The van der Waals surface area contributed by atoms with Gasteiger partial charge in [0.15, 0.2) is 0 Å². The Hall–Kier alpha value is -0.810. The molecule has 0 radical (unpaired) electrons. The standard InChI is InChI=1S/C13H23N3O2/c1-14-12(17)16-7-11(15-10-2-3-10)6-13(8-16)4-5-18-9-13/h10-11,15H,2-9H2,1H3,(H,14,17). The summed E-state index contributed by atoms with van der Waals surface area (Å²) in [4.78, 5) is 13.9. The number of carbonyl (C=O) groups excluding carboxylic acids is 1. The van der Waals surface area contributed by atoms with Crippen molar-refractivity contribution in [3.05, 3.63) is 0 Å². The summed E-state index contributed by atoms with van der Waals surface area (Å²) in [5.41, 5.74) is 0.192. The molecule has 1 aliphatic carbocycles. The van der Waals surface area contributed by atoms with Crippen LogP contribution in [-0.2, 0) is 4.74 Å². The number of nitrogens with zero attached hydrogens (tertiary/aromatic N) is 1. The SMILES string of the molecule is CNC(=O)N1CC(NC2CC2)CC2(CCOC2)C1. The van der Waals surface area contributed by atoms with E-state index in [4.69, 9.17) is 4.74 Å². The van der Waals surface area contributed by atoms with Gasteiger partial charge in [-0.3, -0.25) is 0 Å². The van der Waals surface area contributed by atoms with Gasteiger partial charge in [0.25, 0.3) is 0 Å². The zero-order chi connectivity index (χ0) is 12.6. The van der Waals surface area contributed by atoms with Crippen LogP contribution in [0.3, 0.4) is 0 Å². The Kier molecular flexibility index (Phi) is 3.20. The minimum atomic E-state index is 0.0450. The van der Waals surface area contributed by atoms with Crippen LogP contribution in [0.25, 0.3) is 0 Å². The first-order valence-electron chi connectivity index (χ1n) is 7.01. The number of rotatable bonds is 2. The topological polar surface area (TPSA) is 53.6 Å². The van der Waals surface area contributed by atoms with Crippen LogP contribution in [-0.4, -0.2) is 56.4 Å². The van der Waals surface area contributed by atoms with Crippen molar-refractivity contribution in [2.75, 3.05) is 33.4 Å². The predicted octanol–water partition coefficient (Wildman–Crippen LogP) is 0.559. The molecule has 5 heteroatoms. The average molecular weight is 253 g/mol. The lowest BCUT2D eigenvalue weighted by atomic mass is 9.77. The highest BCUT2D eigenvalue weighted by Crippen LogP contribution is 2.38. The minimum Gasteiger partial charge on any atom is -0.381 e. The van der Waals surface area contributed by atoms with Gasteiger partial charge >= 0.3 is 6.03 Å². The van der Waals surface area contributed by atoms with E-state index in [1.54, 1.807) is 7.05 Å². The summed E-state index contributed by atoms with van der Waals surface area (Å²) in [6.07, 6.45) is 4.82. The van der Waals surface area contributed by atoms with E-state index in [9.17, 15) is 4.79 Å². The van der Waals surface area contributed by atoms with Crippen molar-refractivity contribution in [3.63, 3.8) is 0 Å². The molecule has 3 fully saturated rings. The third-order valence-electron chi connectivity index (χ3n) is 4.38.